The molecule has 0 fully saturated rings. The minimum atomic E-state index is 0.414. The summed E-state index contributed by atoms with van der Waals surface area (Å²) in [4.78, 5) is 1.23. The van der Waals surface area contributed by atoms with E-state index in [4.69, 9.17) is 10.5 Å². The lowest BCUT2D eigenvalue weighted by Crippen LogP contribution is -1.96. The van der Waals surface area contributed by atoms with E-state index in [0.717, 1.165) is 24.5 Å². The predicted molar refractivity (Wildman–Crippen MR) is 74.0 cm³/mol. The van der Waals surface area contributed by atoms with Gasteiger partial charge in [0.25, 0.3) is 0 Å². The standard InChI is InChI=1S/C14H21NOS/c1-12(2)5-4-8-16-10-14-9-13(11-17-14)6-3-7-15/h9,11-12H,4-5,7-8,10,15H2,1-2H3. The van der Waals surface area contributed by atoms with E-state index >= 15 is 0 Å². The fourth-order valence-corrected chi connectivity index (χ4v) is 2.19. The predicted octanol–water partition coefficient (Wildman–Crippen LogP) is 3.01. The van der Waals surface area contributed by atoms with Crippen LogP contribution < -0.4 is 5.73 Å². The molecule has 1 aromatic heterocycles. The van der Waals surface area contributed by atoms with Crippen LogP contribution in [0.1, 0.15) is 37.1 Å². The van der Waals surface area contributed by atoms with Crippen molar-refractivity contribution < 1.29 is 4.74 Å². The molecule has 3 heteroatoms. The summed E-state index contributed by atoms with van der Waals surface area (Å²) >= 11 is 1.70. The summed E-state index contributed by atoms with van der Waals surface area (Å²) in [5, 5.41) is 2.05. The largest absolute Gasteiger partial charge is 0.376 e. The van der Waals surface area contributed by atoms with Crippen molar-refractivity contribution in [2.75, 3.05) is 13.2 Å². The van der Waals surface area contributed by atoms with E-state index in [9.17, 15) is 0 Å². The highest BCUT2D eigenvalue weighted by Crippen LogP contribution is 2.15. The van der Waals surface area contributed by atoms with Gasteiger partial charge in [0, 0.05) is 22.4 Å². The van der Waals surface area contributed by atoms with Crippen LogP contribution in [-0.4, -0.2) is 13.2 Å². The summed E-state index contributed by atoms with van der Waals surface area (Å²) in [6.07, 6.45) is 2.38. The zero-order valence-electron chi connectivity index (χ0n) is 10.7. The molecule has 2 nitrogen and oxygen atoms in total. The molecule has 0 aliphatic heterocycles. The number of nitrogens with two attached hydrogens (primary N) is 1. The van der Waals surface area contributed by atoms with Crippen molar-refractivity contribution in [2.24, 2.45) is 11.7 Å². The summed E-state index contributed by atoms with van der Waals surface area (Å²) in [5.74, 6) is 6.63. The Bertz CT molecular complexity index is 373. The van der Waals surface area contributed by atoms with Gasteiger partial charge in [0.15, 0.2) is 0 Å². The van der Waals surface area contributed by atoms with E-state index in [1.807, 2.05) is 0 Å². The second kappa shape index (κ2) is 8.30. The van der Waals surface area contributed by atoms with E-state index in [-0.39, 0.29) is 0 Å². The second-order valence-corrected chi connectivity index (χ2v) is 5.39. The summed E-state index contributed by atoms with van der Waals surface area (Å²) in [6, 6.07) is 2.08. The van der Waals surface area contributed by atoms with Crippen molar-refractivity contribution in [1.29, 1.82) is 0 Å². The SMILES string of the molecule is CC(C)CCCOCc1cc(C#CCN)cs1. The van der Waals surface area contributed by atoms with Gasteiger partial charge in [-0.1, -0.05) is 25.7 Å². The first kappa shape index (κ1) is 14.2. The van der Waals surface area contributed by atoms with Gasteiger partial charge < -0.3 is 10.5 Å². The van der Waals surface area contributed by atoms with Crippen LogP contribution in [-0.2, 0) is 11.3 Å². The highest BCUT2D eigenvalue weighted by molar-refractivity contribution is 7.10. The van der Waals surface area contributed by atoms with Gasteiger partial charge in [-0.05, 0) is 24.8 Å². The average molecular weight is 251 g/mol. The Morgan fingerprint density at radius 1 is 1.47 bits per heavy atom. The van der Waals surface area contributed by atoms with E-state index in [2.05, 4.69) is 37.1 Å². The van der Waals surface area contributed by atoms with Crippen LogP contribution in [0.15, 0.2) is 11.4 Å². The summed E-state index contributed by atoms with van der Waals surface area (Å²) in [6.45, 7) is 6.44. The third kappa shape index (κ3) is 6.48. The first-order valence-electron chi connectivity index (χ1n) is 6.06. The molecule has 1 heterocycles. The molecule has 0 radical (unpaired) electrons. The molecule has 17 heavy (non-hydrogen) atoms. The molecule has 94 valence electrons. The van der Waals surface area contributed by atoms with Crippen LogP contribution in [0.25, 0.3) is 0 Å². The molecular formula is C14H21NOS. The zero-order valence-corrected chi connectivity index (χ0v) is 11.5. The fraction of sp³-hybridized carbons (Fsp3) is 0.571. The van der Waals surface area contributed by atoms with E-state index in [1.54, 1.807) is 11.3 Å². The Hall–Kier alpha value is -0.820. The van der Waals surface area contributed by atoms with E-state index in [1.165, 1.54) is 11.3 Å². The lowest BCUT2D eigenvalue weighted by molar-refractivity contribution is 0.117. The second-order valence-electron chi connectivity index (χ2n) is 4.40. The zero-order chi connectivity index (χ0) is 12.5. The number of hydrogen-bond donors (Lipinski definition) is 1. The molecule has 0 atom stereocenters. The smallest absolute Gasteiger partial charge is 0.0809 e. The highest BCUT2D eigenvalue weighted by atomic mass is 32.1. The molecule has 0 aromatic carbocycles. The molecular weight excluding hydrogens is 230 g/mol. The molecule has 1 aromatic rings. The van der Waals surface area contributed by atoms with Crippen LogP contribution in [0, 0.1) is 17.8 Å². The van der Waals surface area contributed by atoms with Gasteiger partial charge in [-0.15, -0.1) is 11.3 Å². The maximum Gasteiger partial charge on any atom is 0.0809 e. The Morgan fingerprint density at radius 3 is 3.00 bits per heavy atom. The number of ether oxygens (including phenoxy) is 1. The molecule has 0 aliphatic rings. The summed E-state index contributed by atoms with van der Waals surface area (Å²) in [5.41, 5.74) is 6.37. The van der Waals surface area contributed by atoms with Gasteiger partial charge in [-0.2, -0.15) is 0 Å². The minimum Gasteiger partial charge on any atom is -0.376 e. The van der Waals surface area contributed by atoms with Crippen molar-refractivity contribution in [3.05, 3.63) is 21.9 Å². The van der Waals surface area contributed by atoms with Gasteiger partial charge in [0.1, 0.15) is 0 Å². The van der Waals surface area contributed by atoms with Gasteiger partial charge in [-0.25, -0.2) is 0 Å². The fourth-order valence-electron chi connectivity index (χ4n) is 1.44. The Balaban J connectivity index is 2.21. The maximum atomic E-state index is 5.63. The molecule has 0 unspecified atom stereocenters. The maximum absolute atomic E-state index is 5.63. The monoisotopic (exact) mass is 251 g/mol. The van der Waals surface area contributed by atoms with Crippen molar-refractivity contribution in [3.63, 3.8) is 0 Å². The molecule has 0 spiro atoms. The third-order valence-electron chi connectivity index (χ3n) is 2.30. The molecule has 0 aliphatic carbocycles. The minimum absolute atomic E-state index is 0.414. The molecule has 1 rings (SSSR count). The van der Waals surface area contributed by atoms with Crippen LogP contribution in [0.5, 0.6) is 0 Å². The average Bonchev–Trinajstić information content (AvgIpc) is 2.73. The Morgan fingerprint density at radius 2 is 2.29 bits per heavy atom. The quantitative estimate of drug-likeness (QED) is 0.623. The summed E-state index contributed by atoms with van der Waals surface area (Å²) < 4.78 is 5.63. The highest BCUT2D eigenvalue weighted by Gasteiger charge is 1.99. The van der Waals surface area contributed by atoms with Crippen molar-refractivity contribution >= 4 is 11.3 Å². The van der Waals surface area contributed by atoms with Crippen LogP contribution in [0.4, 0.5) is 0 Å². The molecule has 2 N–H and O–H groups in total. The summed E-state index contributed by atoms with van der Waals surface area (Å²) in [7, 11) is 0. The lowest BCUT2D eigenvalue weighted by atomic mass is 10.1. The Labute approximate surface area is 108 Å². The molecule has 0 saturated carbocycles. The van der Waals surface area contributed by atoms with Gasteiger partial charge in [0.05, 0.1) is 13.2 Å². The topological polar surface area (TPSA) is 35.2 Å². The van der Waals surface area contributed by atoms with Crippen molar-refractivity contribution in [1.82, 2.24) is 0 Å². The third-order valence-corrected chi connectivity index (χ3v) is 3.21. The normalized spacial score (nSPS) is 10.4. The molecule has 0 saturated heterocycles. The van der Waals surface area contributed by atoms with E-state index in [0.29, 0.717) is 13.2 Å². The van der Waals surface area contributed by atoms with Crippen molar-refractivity contribution in [2.45, 2.75) is 33.3 Å². The first-order chi connectivity index (χ1) is 8.22. The van der Waals surface area contributed by atoms with E-state index < -0.39 is 0 Å². The number of thiophene rings is 1. The lowest BCUT2D eigenvalue weighted by Gasteiger charge is -2.04. The van der Waals surface area contributed by atoms with Crippen LogP contribution in [0.2, 0.25) is 0 Å². The van der Waals surface area contributed by atoms with Crippen LogP contribution in [0.3, 0.4) is 0 Å². The Kier molecular flexibility index (Phi) is 6.95. The van der Waals surface area contributed by atoms with Crippen molar-refractivity contribution in [3.8, 4) is 11.8 Å². The first-order valence-corrected chi connectivity index (χ1v) is 6.94. The molecule has 0 bridgehead atoms. The van der Waals surface area contributed by atoms with Gasteiger partial charge in [0.2, 0.25) is 0 Å². The van der Waals surface area contributed by atoms with Gasteiger partial charge >= 0.3 is 0 Å². The molecule has 0 amide bonds. The van der Waals surface area contributed by atoms with Crippen LogP contribution >= 0.6 is 11.3 Å². The number of hydrogen-bond acceptors (Lipinski definition) is 3. The van der Waals surface area contributed by atoms with Gasteiger partial charge in [-0.3, -0.25) is 0 Å². The number of rotatable bonds is 6.